The Hall–Kier alpha value is -2.08. The van der Waals surface area contributed by atoms with Crippen LogP contribution in [0.25, 0.3) is 0 Å². The second kappa shape index (κ2) is 8.16. The Morgan fingerprint density at radius 3 is 2.15 bits per heavy atom. The second-order valence-corrected chi connectivity index (χ2v) is 4.54. The summed E-state index contributed by atoms with van der Waals surface area (Å²) in [4.78, 5) is 22.9. The molecule has 20 heavy (non-hydrogen) atoms. The van der Waals surface area contributed by atoms with Crippen molar-refractivity contribution in [3.63, 3.8) is 0 Å². The van der Waals surface area contributed by atoms with Gasteiger partial charge in [0, 0.05) is 24.8 Å². The largest absolute Gasteiger partial charge is 0.341 e. The molecule has 0 bridgehead atoms. The van der Waals surface area contributed by atoms with Gasteiger partial charge in [0.1, 0.15) is 0 Å². The Labute approximate surface area is 119 Å². The number of anilines is 2. The smallest absolute Gasteiger partial charge is 0.318 e. The van der Waals surface area contributed by atoms with Crippen LogP contribution >= 0.6 is 0 Å². The lowest BCUT2D eigenvalue weighted by Gasteiger charge is -2.12. The molecular formula is C14H22N4O2. The van der Waals surface area contributed by atoms with Gasteiger partial charge in [0.05, 0.1) is 0 Å². The van der Waals surface area contributed by atoms with Gasteiger partial charge in [-0.3, -0.25) is 4.79 Å². The maximum absolute atomic E-state index is 11.8. The van der Waals surface area contributed by atoms with E-state index in [0.717, 1.165) is 6.42 Å². The molecule has 0 aliphatic rings. The molecule has 0 aromatic heterocycles. The molecule has 0 aliphatic carbocycles. The van der Waals surface area contributed by atoms with E-state index in [1.54, 1.807) is 31.3 Å². The van der Waals surface area contributed by atoms with E-state index in [-0.39, 0.29) is 17.9 Å². The molecular weight excluding hydrogens is 256 g/mol. The average molecular weight is 278 g/mol. The molecule has 1 rings (SSSR count). The van der Waals surface area contributed by atoms with Crippen molar-refractivity contribution in [3.8, 4) is 0 Å². The predicted octanol–water partition coefficient (Wildman–Crippen LogP) is 1.75. The SMILES string of the molecule is CCC(CN)CC(=O)Nc1ccc(NC(=O)NC)cc1. The summed E-state index contributed by atoms with van der Waals surface area (Å²) in [7, 11) is 1.55. The third-order valence-corrected chi connectivity index (χ3v) is 3.04. The number of nitrogens with one attached hydrogen (secondary N) is 3. The van der Waals surface area contributed by atoms with Gasteiger partial charge < -0.3 is 21.7 Å². The average Bonchev–Trinajstić information content (AvgIpc) is 2.46. The summed E-state index contributed by atoms with van der Waals surface area (Å²) >= 11 is 0. The fourth-order valence-electron chi connectivity index (χ4n) is 1.70. The number of carbonyl (C=O) groups excluding carboxylic acids is 2. The van der Waals surface area contributed by atoms with Gasteiger partial charge in [0.25, 0.3) is 0 Å². The molecule has 1 aromatic carbocycles. The first kappa shape index (κ1) is 16.0. The first-order valence-electron chi connectivity index (χ1n) is 6.67. The number of amides is 3. The van der Waals surface area contributed by atoms with Gasteiger partial charge in [-0.15, -0.1) is 0 Å². The molecule has 0 fully saturated rings. The lowest BCUT2D eigenvalue weighted by molar-refractivity contribution is -0.117. The highest BCUT2D eigenvalue weighted by molar-refractivity contribution is 5.92. The number of nitrogens with two attached hydrogens (primary N) is 1. The van der Waals surface area contributed by atoms with E-state index in [4.69, 9.17) is 5.73 Å². The fourth-order valence-corrected chi connectivity index (χ4v) is 1.70. The van der Waals surface area contributed by atoms with Crippen molar-refractivity contribution < 1.29 is 9.59 Å². The molecule has 0 spiro atoms. The number of hydrogen-bond acceptors (Lipinski definition) is 3. The first-order valence-corrected chi connectivity index (χ1v) is 6.67. The van der Waals surface area contributed by atoms with Crippen LogP contribution < -0.4 is 21.7 Å². The molecule has 0 aliphatic heterocycles. The molecule has 1 atom stereocenters. The fraction of sp³-hybridized carbons (Fsp3) is 0.429. The number of rotatable bonds is 6. The maximum atomic E-state index is 11.8. The summed E-state index contributed by atoms with van der Waals surface area (Å²) in [5.74, 6) is 0.165. The van der Waals surface area contributed by atoms with Gasteiger partial charge in [-0.2, -0.15) is 0 Å². The molecule has 0 saturated carbocycles. The molecule has 1 unspecified atom stereocenters. The van der Waals surface area contributed by atoms with Crippen LogP contribution in [-0.4, -0.2) is 25.5 Å². The van der Waals surface area contributed by atoms with Crippen molar-refractivity contribution in [2.75, 3.05) is 24.2 Å². The zero-order valence-corrected chi connectivity index (χ0v) is 11.9. The Bertz CT molecular complexity index is 441. The van der Waals surface area contributed by atoms with Gasteiger partial charge in [-0.05, 0) is 36.7 Å². The van der Waals surface area contributed by atoms with Crippen molar-refractivity contribution >= 4 is 23.3 Å². The lowest BCUT2D eigenvalue weighted by Crippen LogP contribution is -2.24. The van der Waals surface area contributed by atoms with E-state index in [2.05, 4.69) is 16.0 Å². The van der Waals surface area contributed by atoms with Crippen molar-refractivity contribution in [2.45, 2.75) is 19.8 Å². The molecule has 1 aromatic rings. The number of urea groups is 1. The van der Waals surface area contributed by atoms with Crippen LogP contribution in [0.2, 0.25) is 0 Å². The number of carbonyl (C=O) groups is 2. The molecule has 0 saturated heterocycles. The minimum Gasteiger partial charge on any atom is -0.341 e. The van der Waals surface area contributed by atoms with E-state index in [1.807, 2.05) is 6.92 Å². The van der Waals surface area contributed by atoms with E-state index < -0.39 is 0 Å². The van der Waals surface area contributed by atoms with Gasteiger partial charge in [0.2, 0.25) is 5.91 Å². The summed E-state index contributed by atoms with van der Waals surface area (Å²) in [6, 6.07) is 6.66. The Balaban J connectivity index is 2.52. The summed E-state index contributed by atoms with van der Waals surface area (Å²) in [6.07, 6.45) is 1.31. The molecule has 5 N–H and O–H groups in total. The van der Waals surface area contributed by atoms with E-state index >= 15 is 0 Å². The summed E-state index contributed by atoms with van der Waals surface area (Å²) in [5.41, 5.74) is 6.94. The third kappa shape index (κ3) is 5.27. The van der Waals surface area contributed by atoms with Crippen LogP contribution in [0.5, 0.6) is 0 Å². The molecule has 6 heteroatoms. The van der Waals surface area contributed by atoms with E-state index in [0.29, 0.717) is 24.3 Å². The van der Waals surface area contributed by atoms with Crippen LogP contribution in [-0.2, 0) is 4.79 Å². The van der Waals surface area contributed by atoms with Gasteiger partial charge in [-0.1, -0.05) is 13.3 Å². The second-order valence-electron chi connectivity index (χ2n) is 4.54. The van der Waals surface area contributed by atoms with Crippen LogP contribution in [0.1, 0.15) is 19.8 Å². The minimum absolute atomic E-state index is 0.0469. The zero-order chi connectivity index (χ0) is 15.0. The Morgan fingerprint density at radius 1 is 1.15 bits per heavy atom. The van der Waals surface area contributed by atoms with Crippen molar-refractivity contribution in [1.29, 1.82) is 0 Å². The van der Waals surface area contributed by atoms with Crippen LogP contribution in [0, 0.1) is 5.92 Å². The number of hydrogen-bond donors (Lipinski definition) is 4. The van der Waals surface area contributed by atoms with Crippen LogP contribution in [0.15, 0.2) is 24.3 Å². The first-order chi connectivity index (χ1) is 9.58. The lowest BCUT2D eigenvalue weighted by atomic mass is 10.0. The Morgan fingerprint density at radius 2 is 1.70 bits per heavy atom. The minimum atomic E-state index is -0.282. The highest BCUT2D eigenvalue weighted by Crippen LogP contribution is 2.15. The standard InChI is InChI=1S/C14H22N4O2/c1-3-10(9-15)8-13(19)17-11-4-6-12(7-5-11)18-14(20)16-2/h4-7,10H,3,8-9,15H2,1-2H3,(H,17,19)(H2,16,18,20). The molecule has 0 heterocycles. The van der Waals surface area contributed by atoms with Gasteiger partial charge >= 0.3 is 6.03 Å². The number of benzene rings is 1. The van der Waals surface area contributed by atoms with Crippen molar-refractivity contribution in [3.05, 3.63) is 24.3 Å². The van der Waals surface area contributed by atoms with Gasteiger partial charge in [-0.25, -0.2) is 4.79 Å². The highest BCUT2D eigenvalue weighted by Gasteiger charge is 2.10. The van der Waals surface area contributed by atoms with Crippen molar-refractivity contribution in [1.82, 2.24) is 5.32 Å². The summed E-state index contributed by atoms with van der Waals surface area (Å²) < 4.78 is 0. The maximum Gasteiger partial charge on any atom is 0.318 e. The van der Waals surface area contributed by atoms with Crippen LogP contribution in [0.3, 0.4) is 0 Å². The monoisotopic (exact) mass is 278 g/mol. The van der Waals surface area contributed by atoms with Crippen LogP contribution in [0.4, 0.5) is 16.2 Å². The normalized spacial score (nSPS) is 11.6. The zero-order valence-electron chi connectivity index (χ0n) is 11.9. The molecule has 0 radical (unpaired) electrons. The van der Waals surface area contributed by atoms with E-state index in [1.165, 1.54) is 0 Å². The van der Waals surface area contributed by atoms with E-state index in [9.17, 15) is 9.59 Å². The highest BCUT2D eigenvalue weighted by atomic mass is 16.2. The predicted molar refractivity (Wildman–Crippen MR) is 80.6 cm³/mol. The van der Waals surface area contributed by atoms with Gasteiger partial charge in [0.15, 0.2) is 0 Å². The third-order valence-electron chi connectivity index (χ3n) is 3.04. The van der Waals surface area contributed by atoms with Crippen molar-refractivity contribution in [2.24, 2.45) is 11.7 Å². The molecule has 110 valence electrons. The summed E-state index contributed by atoms with van der Waals surface area (Å²) in [5, 5.41) is 7.92. The summed E-state index contributed by atoms with van der Waals surface area (Å²) in [6.45, 7) is 2.53. The Kier molecular flexibility index (Phi) is 6.52. The quantitative estimate of drug-likeness (QED) is 0.638. The topological polar surface area (TPSA) is 96.2 Å². The molecule has 6 nitrogen and oxygen atoms in total. The molecule has 3 amide bonds.